The van der Waals surface area contributed by atoms with Crippen LogP contribution in [0.2, 0.25) is 5.02 Å². The largest absolute Gasteiger partial charge is 0.508 e. The van der Waals surface area contributed by atoms with Gasteiger partial charge in [0.2, 0.25) is 0 Å². The first kappa shape index (κ1) is 11.2. The van der Waals surface area contributed by atoms with E-state index in [2.05, 4.69) is 0 Å². The van der Waals surface area contributed by atoms with Gasteiger partial charge in [-0.2, -0.15) is 0 Å². The standard InChI is InChI=1S/C9H10ClF2NO/c10-6-2-1-3-8(14)5(6)4-7(13)9(11)12/h1-3,7,9,14H,4,13H2. The van der Waals surface area contributed by atoms with Gasteiger partial charge in [0.05, 0.1) is 6.04 Å². The first-order chi connectivity index (χ1) is 6.52. The summed E-state index contributed by atoms with van der Waals surface area (Å²) in [5, 5.41) is 9.59. The number of hydrogen-bond acceptors (Lipinski definition) is 2. The molecule has 1 atom stereocenters. The monoisotopic (exact) mass is 221 g/mol. The molecule has 0 saturated heterocycles. The lowest BCUT2D eigenvalue weighted by atomic mass is 10.1. The van der Waals surface area contributed by atoms with Gasteiger partial charge in [0.15, 0.2) is 0 Å². The lowest BCUT2D eigenvalue weighted by molar-refractivity contribution is 0.115. The highest BCUT2D eigenvalue weighted by Crippen LogP contribution is 2.26. The first-order valence-electron chi connectivity index (χ1n) is 4.02. The molecule has 0 radical (unpaired) electrons. The fraction of sp³-hybridized carbons (Fsp3) is 0.333. The van der Waals surface area contributed by atoms with E-state index in [0.717, 1.165) is 0 Å². The van der Waals surface area contributed by atoms with Crippen molar-refractivity contribution in [1.29, 1.82) is 0 Å². The van der Waals surface area contributed by atoms with Gasteiger partial charge in [-0.1, -0.05) is 17.7 Å². The van der Waals surface area contributed by atoms with Crippen molar-refractivity contribution in [1.82, 2.24) is 0 Å². The normalized spacial score (nSPS) is 13.2. The van der Waals surface area contributed by atoms with Crippen molar-refractivity contribution in [3.63, 3.8) is 0 Å². The Balaban J connectivity index is 2.85. The van der Waals surface area contributed by atoms with E-state index < -0.39 is 12.5 Å². The van der Waals surface area contributed by atoms with Crippen LogP contribution in [0.5, 0.6) is 5.75 Å². The Kier molecular flexibility index (Phi) is 3.66. The maximum atomic E-state index is 12.1. The van der Waals surface area contributed by atoms with E-state index in [1.54, 1.807) is 0 Å². The number of benzene rings is 1. The number of rotatable bonds is 3. The second-order valence-electron chi connectivity index (χ2n) is 2.94. The van der Waals surface area contributed by atoms with Crippen molar-refractivity contribution < 1.29 is 13.9 Å². The summed E-state index contributed by atoms with van der Waals surface area (Å²) in [6.45, 7) is 0. The van der Waals surface area contributed by atoms with Crippen molar-refractivity contribution in [2.45, 2.75) is 18.9 Å². The van der Waals surface area contributed by atoms with Gasteiger partial charge in [-0.25, -0.2) is 8.78 Å². The number of alkyl halides is 2. The zero-order valence-corrected chi connectivity index (χ0v) is 8.01. The summed E-state index contributed by atoms with van der Waals surface area (Å²) in [5.41, 5.74) is 5.43. The lowest BCUT2D eigenvalue weighted by Gasteiger charge is -2.12. The molecule has 0 heterocycles. The molecule has 0 aliphatic carbocycles. The summed E-state index contributed by atoms with van der Waals surface area (Å²) < 4.78 is 24.3. The van der Waals surface area contributed by atoms with Crippen LogP contribution in [0.4, 0.5) is 8.78 Å². The fourth-order valence-electron chi connectivity index (χ4n) is 1.07. The molecule has 2 nitrogen and oxygen atoms in total. The van der Waals surface area contributed by atoms with Gasteiger partial charge >= 0.3 is 0 Å². The second kappa shape index (κ2) is 4.57. The number of aromatic hydroxyl groups is 1. The van der Waals surface area contributed by atoms with Crippen LogP contribution in [0.25, 0.3) is 0 Å². The number of phenols is 1. The number of phenolic OH excluding ortho intramolecular Hbond substituents is 1. The molecule has 1 aromatic rings. The summed E-state index contributed by atoms with van der Waals surface area (Å²) in [6, 6.07) is 3.14. The quantitative estimate of drug-likeness (QED) is 0.822. The summed E-state index contributed by atoms with van der Waals surface area (Å²) >= 11 is 5.72. The average molecular weight is 222 g/mol. The molecule has 14 heavy (non-hydrogen) atoms. The van der Waals surface area contributed by atoms with Crippen LogP contribution >= 0.6 is 11.6 Å². The summed E-state index contributed by atoms with van der Waals surface area (Å²) in [4.78, 5) is 0. The van der Waals surface area contributed by atoms with E-state index in [1.165, 1.54) is 18.2 Å². The molecule has 78 valence electrons. The van der Waals surface area contributed by atoms with E-state index in [0.29, 0.717) is 0 Å². The average Bonchev–Trinajstić information content (AvgIpc) is 2.11. The van der Waals surface area contributed by atoms with Crippen LogP contribution in [-0.2, 0) is 6.42 Å². The van der Waals surface area contributed by atoms with Crippen LogP contribution < -0.4 is 5.73 Å². The molecular weight excluding hydrogens is 212 g/mol. The summed E-state index contributed by atoms with van der Waals surface area (Å²) in [5.74, 6) is -0.103. The molecule has 3 N–H and O–H groups in total. The number of halogens is 3. The van der Waals surface area contributed by atoms with Gasteiger partial charge < -0.3 is 10.8 Å². The molecule has 0 fully saturated rings. The zero-order valence-electron chi connectivity index (χ0n) is 7.25. The van der Waals surface area contributed by atoms with Gasteiger partial charge in [0, 0.05) is 10.6 Å². The van der Waals surface area contributed by atoms with Gasteiger partial charge in [0.1, 0.15) is 5.75 Å². The van der Waals surface area contributed by atoms with Crippen molar-refractivity contribution >= 4 is 11.6 Å². The minimum atomic E-state index is -2.62. The van der Waals surface area contributed by atoms with Gasteiger partial charge in [-0.3, -0.25) is 0 Å². The van der Waals surface area contributed by atoms with E-state index in [4.69, 9.17) is 17.3 Å². The molecule has 0 aliphatic rings. The van der Waals surface area contributed by atoms with Crippen LogP contribution in [0.3, 0.4) is 0 Å². The highest BCUT2D eigenvalue weighted by Gasteiger charge is 2.18. The maximum Gasteiger partial charge on any atom is 0.253 e. The maximum absolute atomic E-state index is 12.1. The van der Waals surface area contributed by atoms with Gasteiger partial charge in [-0.15, -0.1) is 0 Å². The van der Waals surface area contributed by atoms with Crippen molar-refractivity contribution in [2.75, 3.05) is 0 Å². The van der Waals surface area contributed by atoms with Crippen LogP contribution in [0.1, 0.15) is 5.56 Å². The van der Waals surface area contributed by atoms with Crippen LogP contribution in [0.15, 0.2) is 18.2 Å². The van der Waals surface area contributed by atoms with E-state index in [-0.39, 0.29) is 22.8 Å². The van der Waals surface area contributed by atoms with Crippen LogP contribution in [0, 0.1) is 0 Å². The SMILES string of the molecule is NC(Cc1c(O)cccc1Cl)C(F)F. The van der Waals surface area contributed by atoms with Crippen LogP contribution in [-0.4, -0.2) is 17.6 Å². The Bertz CT molecular complexity index is 299. The van der Waals surface area contributed by atoms with Gasteiger partial charge in [0.25, 0.3) is 6.43 Å². The number of nitrogens with two attached hydrogens (primary N) is 1. The molecule has 0 amide bonds. The Morgan fingerprint density at radius 1 is 1.43 bits per heavy atom. The minimum Gasteiger partial charge on any atom is -0.508 e. The predicted octanol–water partition coefficient (Wildman–Crippen LogP) is 2.18. The topological polar surface area (TPSA) is 46.2 Å². The van der Waals surface area contributed by atoms with E-state index >= 15 is 0 Å². The minimum absolute atomic E-state index is 0.103. The molecule has 0 aromatic heterocycles. The zero-order chi connectivity index (χ0) is 10.7. The molecule has 5 heteroatoms. The van der Waals surface area contributed by atoms with Crippen molar-refractivity contribution in [2.24, 2.45) is 5.73 Å². The molecular formula is C9H10ClF2NO. The molecule has 1 unspecified atom stereocenters. The molecule has 0 spiro atoms. The smallest absolute Gasteiger partial charge is 0.253 e. The fourth-order valence-corrected chi connectivity index (χ4v) is 1.32. The molecule has 0 aliphatic heterocycles. The number of hydrogen-bond donors (Lipinski definition) is 2. The third-order valence-electron chi connectivity index (χ3n) is 1.86. The lowest BCUT2D eigenvalue weighted by Crippen LogP contribution is -2.31. The Hall–Kier alpha value is -0.870. The van der Waals surface area contributed by atoms with Gasteiger partial charge in [-0.05, 0) is 18.6 Å². The molecule has 1 rings (SSSR count). The Labute approximate surface area is 85.3 Å². The molecule has 1 aromatic carbocycles. The van der Waals surface area contributed by atoms with E-state index in [9.17, 15) is 13.9 Å². The van der Waals surface area contributed by atoms with Crippen molar-refractivity contribution in [3.05, 3.63) is 28.8 Å². The predicted molar refractivity (Wildman–Crippen MR) is 50.8 cm³/mol. The highest BCUT2D eigenvalue weighted by molar-refractivity contribution is 6.31. The van der Waals surface area contributed by atoms with E-state index in [1.807, 2.05) is 0 Å². The molecule has 0 saturated carbocycles. The second-order valence-corrected chi connectivity index (χ2v) is 3.35. The summed E-state index contributed by atoms with van der Waals surface area (Å²) in [6.07, 6.45) is -2.76. The Morgan fingerprint density at radius 2 is 2.07 bits per heavy atom. The Morgan fingerprint density at radius 3 is 2.57 bits per heavy atom. The molecule has 0 bridgehead atoms. The highest BCUT2D eigenvalue weighted by atomic mass is 35.5. The third kappa shape index (κ3) is 2.56. The third-order valence-corrected chi connectivity index (χ3v) is 2.21. The van der Waals surface area contributed by atoms with Crippen molar-refractivity contribution in [3.8, 4) is 5.75 Å². The first-order valence-corrected chi connectivity index (χ1v) is 4.40. The summed E-state index contributed by atoms with van der Waals surface area (Å²) in [7, 11) is 0.